The third-order valence-corrected chi connectivity index (χ3v) is 2.48. The molecule has 0 bridgehead atoms. The number of carbonyl (C=O) groups is 1. The average Bonchev–Trinajstić information content (AvgIpc) is 2.33. The molecule has 1 rings (SSSR count). The summed E-state index contributed by atoms with van der Waals surface area (Å²) in [6.45, 7) is 3.68. The second-order valence-electron chi connectivity index (χ2n) is 4.04. The minimum Gasteiger partial charge on any atom is -0.508 e. The number of rotatable bonds is 5. The molecule has 18 heavy (non-hydrogen) atoms. The molecule has 5 nitrogen and oxygen atoms in total. The standard InChI is InChI=1S/C13H18N2O3/c1-3-4-5-13(18)15-14-9(2)11-7-6-10(16)8-12(11)17/h6-8,16-17H,3-5H2,1-2H3,(H,15,18)/b14-9+. The molecule has 1 aromatic rings. The maximum Gasteiger partial charge on any atom is 0.240 e. The highest BCUT2D eigenvalue weighted by molar-refractivity contribution is 6.01. The van der Waals surface area contributed by atoms with Crippen molar-refractivity contribution in [1.29, 1.82) is 0 Å². The molecular weight excluding hydrogens is 232 g/mol. The molecule has 0 atom stereocenters. The summed E-state index contributed by atoms with van der Waals surface area (Å²) in [5, 5.41) is 22.7. The number of phenolic OH excluding ortho intramolecular Hbond substituents is 2. The summed E-state index contributed by atoms with van der Waals surface area (Å²) in [5.41, 5.74) is 3.39. The zero-order valence-corrected chi connectivity index (χ0v) is 10.6. The Bertz CT molecular complexity index is 456. The lowest BCUT2D eigenvalue weighted by Gasteiger charge is -2.05. The van der Waals surface area contributed by atoms with Crippen molar-refractivity contribution in [2.24, 2.45) is 5.10 Å². The fourth-order valence-corrected chi connectivity index (χ4v) is 1.43. The van der Waals surface area contributed by atoms with Gasteiger partial charge in [-0.05, 0) is 25.5 Å². The largest absolute Gasteiger partial charge is 0.508 e. The molecular formula is C13H18N2O3. The SMILES string of the molecule is CCCCC(=O)N/N=C(\C)c1ccc(O)cc1O. The summed E-state index contributed by atoms with van der Waals surface area (Å²) in [5.74, 6) is -0.232. The van der Waals surface area contributed by atoms with Crippen molar-refractivity contribution in [3.8, 4) is 11.5 Å². The molecule has 0 aliphatic heterocycles. The van der Waals surface area contributed by atoms with E-state index in [2.05, 4.69) is 10.5 Å². The number of hydrogen-bond acceptors (Lipinski definition) is 4. The smallest absolute Gasteiger partial charge is 0.240 e. The van der Waals surface area contributed by atoms with E-state index in [1.165, 1.54) is 12.1 Å². The second-order valence-corrected chi connectivity index (χ2v) is 4.04. The van der Waals surface area contributed by atoms with Gasteiger partial charge in [-0.3, -0.25) is 4.79 Å². The fourth-order valence-electron chi connectivity index (χ4n) is 1.43. The molecule has 0 heterocycles. The molecule has 0 aliphatic rings. The van der Waals surface area contributed by atoms with E-state index in [0.29, 0.717) is 17.7 Å². The summed E-state index contributed by atoms with van der Waals surface area (Å²) in [6, 6.07) is 4.22. The van der Waals surface area contributed by atoms with Crippen LogP contribution in [0.4, 0.5) is 0 Å². The predicted molar refractivity (Wildman–Crippen MR) is 69.7 cm³/mol. The fraction of sp³-hybridized carbons (Fsp3) is 0.385. The van der Waals surface area contributed by atoms with E-state index in [0.717, 1.165) is 12.8 Å². The molecule has 0 saturated carbocycles. The minimum absolute atomic E-state index is 0.0176. The van der Waals surface area contributed by atoms with E-state index in [4.69, 9.17) is 5.11 Å². The summed E-state index contributed by atoms with van der Waals surface area (Å²) in [6.07, 6.45) is 2.22. The van der Waals surface area contributed by atoms with Crippen molar-refractivity contribution in [2.75, 3.05) is 0 Å². The van der Waals surface area contributed by atoms with Crippen LogP contribution in [0.2, 0.25) is 0 Å². The zero-order chi connectivity index (χ0) is 13.5. The first-order chi connectivity index (χ1) is 8.54. The van der Waals surface area contributed by atoms with E-state index in [-0.39, 0.29) is 17.4 Å². The van der Waals surface area contributed by atoms with E-state index in [9.17, 15) is 9.90 Å². The Morgan fingerprint density at radius 1 is 1.39 bits per heavy atom. The average molecular weight is 250 g/mol. The normalized spacial score (nSPS) is 11.3. The van der Waals surface area contributed by atoms with Crippen molar-refractivity contribution in [1.82, 2.24) is 5.43 Å². The molecule has 0 unspecified atom stereocenters. The molecule has 3 N–H and O–H groups in total. The van der Waals surface area contributed by atoms with E-state index in [1.54, 1.807) is 13.0 Å². The van der Waals surface area contributed by atoms with Gasteiger partial charge in [-0.15, -0.1) is 0 Å². The Morgan fingerprint density at radius 2 is 2.11 bits per heavy atom. The number of aromatic hydroxyl groups is 2. The number of phenols is 2. The van der Waals surface area contributed by atoms with E-state index < -0.39 is 0 Å². The van der Waals surface area contributed by atoms with Crippen LogP contribution in [0, 0.1) is 0 Å². The van der Waals surface area contributed by atoms with Crippen LogP contribution in [0.1, 0.15) is 38.7 Å². The maximum absolute atomic E-state index is 11.4. The van der Waals surface area contributed by atoms with Gasteiger partial charge in [0.1, 0.15) is 11.5 Å². The number of unbranched alkanes of at least 4 members (excludes halogenated alkanes) is 1. The number of nitrogens with zero attached hydrogens (tertiary/aromatic N) is 1. The van der Waals surface area contributed by atoms with Crippen LogP contribution in [-0.2, 0) is 4.79 Å². The van der Waals surface area contributed by atoms with Crippen LogP contribution < -0.4 is 5.43 Å². The van der Waals surface area contributed by atoms with Crippen LogP contribution in [0.15, 0.2) is 23.3 Å². The lowest BCUT2D eigenvalue weighted by molar-refractivity contribution is -0.121. The first kappa shape index (κ1) is 14.0. The Kier molecular flexibility index (Phi) is 5.17. The molecule has 0 spiro atoms. The molecule has 98 valence electrons. The van der Waals surface area contributed by atoms with Gasteiger partial charge in [0.2, 0.25) is 5.91 Å². The number of carbonyl (C=O) groups excluding carboxylic acids is 1. The number of amides is 1. The molecule has 0 fully saturated rings. The van der Waals surface area contributed by atoms with Crippen molar-refractivity contribution in [3.63, 3.8) is 0 Å². The van der Waals surface area contributed by atoms with Gasteiger partial charge >= 0.3 is 0 Å². The van der Waals surface area contributed by atoms with Crippen molar-refractivity contribution < 1.29 is 15.0 Å². The lowest BCUT2D eigenvalue weighted by atomic mass is 10.1. The molecule has 5 heteroatoms. The minimum atomic E-state index is -0.144. The molecule has 0 aromatic heterocycles. The van der Waals surface area contributed by atoms with Crippen LogP contribution in [0.3, 0.4) is 0 Å². The molecule has 0 radical (unpaired) electrons. The van der Waals surface area contributed by atoms with E-state index >= 15 is 0 Å². The highest BCUT2D eigenvalue weighted by Gasteiger charge is 2.06. The highest BCUT2D eigenvalue weighted by Crippen LogP contribution is 2.22. The summed E-state index contributed by atoms with van der Waals surface area (Å²) < 4.78 is 0. The molecule has 0 saturated heterocycles. The molecule has 1 amide bonds. The topological polar surface area (TPSA) is 81.9 Å². The molecule has 1 aromatic carbocycles. The first-order valence-electron chi connectivity index (χ1n) is 5.90. The number of nitrogens with one attached hydrogen (secondary N) is 1. The van der Waals surface area contributed by atoms with Crippen molar-refractivity contribution in [2.45, 2.75) is 33.1 Å². The Morgan fingerprint density at radius 3 is 2.72 bits per heavy atom. The Labute approximate surface area is 106 Å². The van der Waals surface area contributed by atoms with Crippen LogP contribution in [0.5, 0.6) is 11.5 Å². The second kappa shape index (κ2) is 6.64. The zero-order valence-electron chi connectivity index (χ0n) is 10.6. The highest BCUT2D eigenvalue weighted by atomic mass is 16.3. The van der Waals surface area contributed by atoms with Crippen LogP contribution in [0.25, 0.3) is 0 Å². The van der Waals surface area contributed by atoms with Gasteiger partial charge in [-0.1, -0.05) is 13.3 Å². The lowest BCUT2D eigenvalue weighted by Crippen LogP contribution is -2.18. The van der Waals surface area contributed by atoms with Crippen LogP contribution >= 0.6 is 0 Å². The van der Waals surface area contributed by atoms with Gasteiger partial charge < -0.3 is 10.2 Å². The van der Waals surface area contributed by atoms with Gasteiger partial charge in [-0.25, -0.2) is 5.43 Å². The van der Waals surface area contributed by atoms with Crippen molar-refractivity contribution >= 4 is 11.6 Å². The maximum atomic E-state index is 11.4. The first-order valence-corrected chi connectivity index (χ1v) is 5.90. The number of hydrogen-bond donors (Lipinski definition) is 3. The summed E-state index contributed by atoms with van der Waals surface area (Å²) in [7, 11) is 0. The molecule has 0 aliphatic carbocycles. The summed E-state index contributed by atoms with van der Waals surface area (Å²) in [4.78, 5) is 11.4. The third-order valence-electron chi connectivity index (χ3n) is 2.48. The third kappa shape index (κ3) is 4.08. The van der Waals surface area contributed by atoms with E-state index in [1.807, 2.05) is 6.92 Å². The Balaban J connectivity index is 2.68. The van der Waals surface area contributed by atoms with Crippen LogP contribution in [-0.4, -0.2) is 21.8 Å². The number of benzene rings is 1. The monoisotopic (exact) mass is 250 g/mol. The van der Waals surface area contributed by atoms with Gasteiger partial charge in [-0.2, -0.15) is 5.10 Å². The predicted octanol–water partition coefficient (Wildman–Crippen LogP) is 2.13. The van der Waals surface area contributed by atoms with Gasteiger partial charge in [0.05, 0.1) is 5.71 Å². The van der Waals surface area contributed by atoms with Crippen molar-refractivity contribution in [3.05, 3.63) is 23.8 Å². The quantitative estimate of drug-likeness (QED) is 0.553. The van der Waals surface area contributed by atoms with Gasteiger partial charge in [0.15, 0.2) is 0 Å². The van der Waals surface area contributed by atoms with Gasteiger partial charge in [0.25, 0.3) is 0 Å². The van der Waals surface area contributed by atoms with Gasteiger partial charge in [0, 0.05) is 18.1 Å². The number of hydrazone groups is 1. The summed E-state index contributed by atoms with van der Waals surface area (Å²) >= 11 is 0. The Hall–Kier alpha value is -2.04.